The average Bonchev–Trinajstić information content (AvgIpc) is 3.09. The second-order valence-electron chi connectivity index (χ2n) is 6.24. The first-order valence-corrected chi connectivity index (χ1v) is 9.97. The molecule has 1 saturated heterocycles. The van der Waals surface area contributed by atoms with E-state index in [1.54, 1.807) is 19.1 Å². The lowest BCUT2D eigenvalue weighted by molar-refractivity contribution is -0.148. The topological polar surface area (TPSA) is 72.3 Å². The first-order chi connectivity index (χ1) is 12.1. The number of hydrogen-bond donors (Lipinski definition) is 0. The third kappa shape index (κ3) is 3.55. The lowest BCUT2D eigenvalue weighted by atomic mass is 10.2. The van der Waals surface area contributed by atoms with Gasteiger partial charge in [-0.25, -0.2) is 13.4 Å². The van der Waals surface area contributed by atoms with E-state index in [1.165, 1.54) is 17.0 Å². The number of aromatic nitrogens is 2. The molecule has 142 valence electrons. The second kappa shape index (κ2) is 6.57. The number of sulfone groups is 1. The van der Waals surface area contributed by atoms with Crippen molar-refractivity contribution >= 4 is 26.8 Å². The van der Waals surface area contributed by atoms with Crippen molar-refractivity contribution in [1.29, 1.82) is 0 Å². The fraction of sp³-hybridized carbons (Fsp3) is 0.500. The smallest absolute Gasteiger partial charge is 0.337 e. The minimum absolute atomic E-state index is 0.0107. The Hall–Kier alpha value is -2.10. The van der Waals surface area contributed by atoms with Crippen LogP contribution in [0.2, 0.25) is 0 Å². The van der Waals surface area contributed by atoms with Crippen molar-refractivity contribution in [2.75, 3.05) is 18.1 Å². The number of alkyl halides is 3. The number of carbonyl (C=O) groups excluding carboxylic acids is 1. The summed E-state index contributed by atoms with van der Waals surface area (Å²) in [6.07, 6.45) is -4.40. The molecule has 1 aromatic carbocycles. The van der Waals surface area contributed by atoms with Crippen LogP contribution in [0.5, 0.6) is 0 Å². The Labute approximate surface area is 148 Å². The molecule has 1 aliphatic rings. The first-order valence-electron chi connectivity index (χ1n) is 8.14. The molecule has 0 radical (unpaired) electrons. The van der Waals surface area contributed by atoms with Crippen LogP contribution in [-0.2, 0) is 27.4 Å². The number of rotatable bonds is 4. The molecule has 2 aromatic rings. The van der Waals surface area contributed by atoms with Gasteiger partial charge < -0.3 is 9.47 Å². The Kier molecular flexibility index (Phi) is 4.72. The predicted molar refractivity (Wildman–Crippen MR) is 89.2 cm³/mol. The van der Waals surface area contributed by atoms with Crippen molar-refractivity contribution in [3.63, 3.8) is 0 Å². The number of likely N-dealkylation sites (N-methyl/N-ethyl adjacent to an activating group) is 1. The Morgan fingerprint density at radius 3 is 2.62 bits per heavy atom. The van der Waals surface area contributed by atoms with Crippen LogP contribution in [0.3, 0.4) is 0 Å². The first kappa shape index (κ1) is 18.7. The maximum absolute atomic E-state index is 13.3. The molecule has 1 aliphatic heterocycles. The van der Waals surface area contributed by atoms with Gasteiger partial charge in [-0.1, -0.05) is 12.1 Å². The van der Waals surface area contributed by atoms with Crippen LogP contribution in [-0.4, -0.2) is 52.9 Å². The third-order valence-electron chi connectivity index (χ3n) is 4.51. The van der Waals surface area contributed by atoms with E-state index in [0.29, 0.717) is 6.42 Å². The summed E-state index contributed by atoms with van der Waals surface area (Å²) in [6.45, 7) is 1.37. The van der Waals surface area contributed by atoms with Crippen molar-refractivity contribution in [2.24, 2.45) is 0 Å². The largest absolute Gasteiger partial charge is 0.449 e. The molecular weight excluding hydrogens is 371 g/mol. The summed E-state index contributed by atoms with van der Waals surface area (Å²) in [5.41, 5.74) is 0.363. The van der Waals surface area contributed by atoms with Crippen molar-refractivity contribution < 1.29 is 26.4 Å². The van der Waals surface area contributed by atoms with Gasteiger partial charge in [0, 0.05) is 12.6 Å². The van der Waals surface area contributed by atoms with E-state index in [9.17, 15) is 26.4 Å². The average molecular weight is 389 g/mol. The van der Waals surface area contributed by atoms with Gasteiger partial charge in [0.2, 0.25) is 11.7 Å². The molecule has 0 N–H and O–H groups in total. The highest BCUT2D eigenvalue weighted by atomic mass is 32.2. The Morgan fingerprint density at radius 2 is 2.04 bits per heavy atom. The number of carbonyl (C=O) groups is 1. The Bertz CT molecular complexity index is 937. The zero-order valence-electron chi connectivity index (χ0n) is 14.0. The summed E-state index contributed by atoms with van der Waals surface area (Å²) in [6, 6.07) is 5.57. The van der Waals surface area contributed by atoms with Crippen LogP contribution < -0.4 is 0 Å². The lowest BCUT2D eigenvalue weighted by Gasteiger charge is -2.27. The quantitative estimate of drug-likeness (QED) is 0.803. The van der Waals surface area contributed by atoms with E-state index in [-0.39, 0.29) is 29.1 Å². The number of amides is 1. The molecule has 1 aromatic heterocycles. The summed E-state index contributed by atoms with van der Waals surface area (Å²) in [7, 11) is -3.21. The monoisotopic (exact) mass is 389 g/mol. The summed E-state index contributed by atoms with van der Waals surface area (Å²) in [5, 5.41) is 0. The maximum Gasteiger partial charge on any atom is 0.449 e. The summed E-state index contributed by atoms with van der Waals surface area (Å²) >= 11 is 0. The molecule has 6 nitrogen and oxygen atoms in total. The fourth-order valence-electron chi connectivity index (χ4n) is 3.34. The number of halogens is 3. The fourth-order valence-corrected chi connectivity index (χ4v) is 5.07. The highest BCUT2D eigenvalue weighted by Crippen LogP contribution is 2.31. The molecule has 10 heteroatoms. The number of benzene rings is 1. The molecule has 2 heterocycles. The van der Waals surface area contributed by atoms with E-state index in [2.05, 4.69) is 4.98 Å². The van der Waals surface area contributed by atoms with Crippen molar-refractivity contribution in [3.05, 3.63) is 30.1 Å². The Morgan fingerprint density at radius 1 is 1.35 bits per heavy atom. The van der Waals surface area contributed by atoms with Crippen molar-refractivity contribution in [2.45, 2.75) is 32.1 Å². The van der Waals surface area contributed by atoms with Crippen LogP contribution in [0, 0.1) is 0 Å². The lowest BCUT2D eigenvalue weighted by Crippen LogP contribution is -2.43. The van der Waals surface area contributed by atoms with E-state index in [4.69, 9.17) is 0 Å². The number of nitrogens with zero attached hydrogens (tertiary/aromatic N) is 3. The molecular formula is C16H18F3N3O3S. The van der Waals surface area contributed by atoms with Gasteiger partial charge in [0.15, 0.2) is 9.84 Å². The normalized spacial score (nSPS) is 19.8. The number of imidazole rings is 1. The minimum atomic E-state index is -4.70. The van der Waals surface area contributed by atoms with E-state index >= 15 is 0 Å². The zero-order chi connectivity index (χ0) is 19.1. The molecule has 0 spiro atoms. The second-order valence-corrected chi connectivity index (χ2v) is 8.47. The third-order valence-corrected chi connectivity index (χ3v) is 6.26. The molecule has 0 saturated carbocycles. The van der Waals surface area contributed by atoms with E-state index < -0.39 is 40.3 Å². The molecule has 26 heavy (non-hydrogen) atoms. The van der Waals surface area contributed by atoms with Crippen LogP contribution in [0.15, 0.2) is 24.3 Å². The van der Waals surface area contributed by atoms with Gasteiger partial charge in [-0.15, -0.1) is 0 Å². The minimum Gasteiger partial charge on any atom is -0.337 e. The Balaban J connectivity index is 1.93. The number of hydrogen-bond acceptors (Lipinski definition) is 4. The molecule has 0 aliphatic carbocycles. The predicted octanol–water partition coefficient (Wildman–Crippen LogP) is 2.09. The highest BCUT2D eigenvalue weighted by molar-refractivity contribution is 7.91. The van der Waals surface area contributed by atoms with Gasteiger partial charge in [0.1, 0.15) is 6.54 Å². The molecule has 1 amide bonds. The van der Waals surface area contributed by atoms with Crippen LogP contribution in [0.25, 0.3) is 11.0 Å². The van der Waals surface area contributed by atoms with E-state index in [0.717, 1.165) is 4.57 Å². The molecule has 3 rings (SSSR count). The van der Waals surface area contributed by atoms with Gasteiger partial charge in [-0.2, -0.15) is 13.2 Å². The van der Waals surface area contributed by atoms with Gasteiger partial charge in [-0.3, -0.25) is 4.79 Å². The molecule has 1 atom stereocenters. The summed E-state index contributed by atoms with van der Waals surface area (Å²) in [5.74, 6) is -1.85. The van der Waals surface area contributed by atoms with Crippen LogP contribution in [0.1, 0.15) is 19.2 Å². The molecule has 1 unspecified atom stereocenters. The molecule has 0 bridgehead atoms. The molecule has 1 fully saturated rings. The standard InChI is InChI=1S/C16H18F3N3O3S/c1-2-21(11-7-8-26(24,25)10-11)14(23)9-22-13-6-4-3-5-12(13)20-15(22)16(17,18)19/h3-6,11H,2,7-10H2,1H3. The van der Waals surface area contributed by atoms with Gasteiger partial charge in [0.25, 0.3) is 0 Å². The van der Waals surface area contributed by atoms with Crippen molar-refractivity contribution in [3.8, 4) is 0 Å². The maximum atomic E-state index is 13.3. The number of fused-ring (bicyclic) bond motifs is 1. The zero-order valence-corrected chi connectivity index (χ0v) is 14.8. The van der Waals surface area contributed by atoms with Crippen molar-refractivity contribution in [1.82, 2.24) is 14.5 Å². The SMILES string of the molecule is CCN(C(=O)Cn1c(C(F)(F)F)nc2ccccc21)C1CCS(=O)(=O)C1. The van der Waals surface area contributed by atoms with E-state index in [1.807, 2.05) is 0 Å². The number of para-hydroxylation sites is 2. The summed E-state index contributed by atoms with van der Waals surface area (Å²) < 4.78 is 64.2. The van der Waals surface area contributed by atoms with Gasteiger partial charge in [0.05, 0.1) is 22.5 Å². The summed E-state index contributed by atoms with van der Waals surface area (Å²) in [4.78, 5) is 17.6. The van der Waals surface area contributed by atoms with Gasteiger partial charge in [-0.05, 0) is 25.5 Å². The van der Waals surface area contributed by atoms with Crippen LogP contribution >= 0.6 is 0 Å². The van der Waals surface area contributed by atoms with Crippen LogP contribution in [0.4, 0.5) is 13.2 Å². The van der Waals surface area contributed by atoms with Gasteiger partial charge >= 0.3 is 6.18 Å². The highest BCUT2D eigenvalue weighted by Gasteiger charge is 2.39.